The molecule has 0 aliphatic carbocycles. The summed E-state index contributed by atoms with van der Waals surface area (Å²) in [5.41, 5.74) is 4.43. The van der Waals surface area contributed by atoms with E-state index in [1.807, 2.05) is 42.5 Å². The van der Waals surface area contributed by atoms with Gasteiger partial charge in [0.25, 0.3) is 0 Å². The number of carboxylic acid groups (broad SMARTS) is 1. The van der Waals surface area contributed by atoms with Crippen molar-refractivity contribution in [1.82, 2.24) is 4.90 Å². The van der Waals surface area contributed by atoms with Gasteiger partial charge in [0.15, 0.2) is 0 Å². The molecule has 1 unspecified atom stereocenters. The maximum Gasteiger partial charge on any atom is 0.320 e. The predicted octanol–water partition coefficient (Wildman–Crippen LogP) is 6.90. The molecule has 166 valence electrons. The number of carbonyl (C=O) groups is 1. The number of likely N-dealkylation sites (tertiary alicyclic amines) is 1. The van der Waals surface area contributed by atoms with Crippen molar-refractivity contribution in [2.75, 3.05) is 6.54 Å². The van der Waals surface area contributed by atoms with Crippen molar-refractivity contribution >= 4 is 37.8 Å². The molecule has 32 heavy (non-hydrogen) atoms. The van der Waals surface area contributed by atoms with E-state index in [0.717, 1.165) is 56.3 Å². The number of aliphatic carboxylic acids is 1. The Morgan fingerprint density at radius 2 is 1.84 bits per heavy atom. The van der Waals surface area contributed by atoms with Crippen molar-refractivity contribution in [3.05, 3.63) is 86.8 Å². The number of hydrogen-bond acceptors (Lipinski definition) is 3. The van der Waals surface area contributed by atoms with E-state index in [0.29, 0.717) is 19.6 Å². The van der Waals surface area contributed by atoms with Crippen LogP contribution in [0.5, 0.6) is 5.75 Å². The van der Waals surface area contributed by atoms with Crippen molar-refractivity contribution in [3.63, 3.8) is 0 Å². The van der Waals surface area contributed by atoms with E-state index in [1.54, 1.807) is 0 Å². The lowest BCUT2D eigenvalue weighted by Crippen LogP contribution is -2.43. The highest BCUT2D eigenvalue weighted by Crippen LogP contribution is 2.33. The third-order valence-corrected chi connectivity index (χ3v) is 7.38. The maximum absolute atomic E-state index is 11.6. The van der Waals surface area contributed by atoms with Gasteiger partial charge in [0, 0.05) is 16.6 Å². The van der Waals surface area contributed by atoms with Gasteiger partial charge in [-0.1, -0.05) is 61.0 Å². The van der Waals surface area contributed by atoms with Crippen LogP contribution >= 0.6 is 31.9 Å². The Balaban J connectivity index is 1.44. The fourth-order valence-electron chi connectivity index (χ4n) is 4.14. The summed E-state index contributed by atoms with van der Waals surface area (Å²) in [6.07, 6.45) is 2.74. The molecule has 0 bridgehead atoms. The zero-order chi connectivity index (χ0) is 22.5. The third-order valence-electron chi connectivity index (χ3n) is 5.83. The van der Waals surface area contributed by atoms with Crippen LogP contribution in [-0.2, 0) is 17.9 Å². The second-order valence-corrected chi connectivity index (χ2v) is 9.67. The van der Waals surface area contributed by atoms with Crippen LogP contribution in [0.25, 0.3) is 11.1 Å². The minimum atomic E-state index is -0.730. The SMILES string of the molecule is O=C(O)C1CCCCN1Cc1ccc(OCc2cccc(-c3ccccc3)c2Br)c(Br)c1. The third kappa shape index (κ3) is 5.42. The van der Waals surface area contributed by atoms with Gasteiger partial charge < -0.3 is 9.84 Å². The molecule has 0 saturated carbocycles. The zero-order valence-corrected chi connectivity index (χ0v) is 20.8. The molecule has 0 spiro atoms. The largest absolute Gasteiger partial charge is 0.488 e. The highest BCUT2D eigenvalue weighted by Gasteiger charge is 2.28. The Labute approximate surface area is 205 Å². The fourth-order valence-corrected chi connectivity index (χ4v) is 5.29. The molecule has 1 aliphatic heterocycles. The predicted molar refractivity (Wildman–Crippen MR) is 134 cm³/mol. The topological polar surface area (TPSA) is 49.8 Å². The monoisotopic (exact) mass is 557 g/mol. The lowest BCUT2D eigenvalue weighted by molar-refractivity contribution is -0.144. The smallest absolute Gasteiger partial charge is 0.320 e. The van der Waals surface area contributed by atoms with Crippen LogP contribution in [-0.4, -0.2) is 28.6 Å². The van der Waals surface area contributed by atoms with E-state index in [2.05, 4.69) is 61.0 Å². The van der Waals surface area contributed by atoms with E-state index in [1.165, 1.54) is 0 Å². The van der Waals surface area contributed by atoms with Gasteiger partial charge in [-0.15, -0.1) is 0 Å². The summed E-state index contributed by atoms with van der Waals surface area (Å²) >= 11 is 7.38. The summed E-state index contributed by atoms with van der Waals surface area (Å²) in [4.78, 5) is 13.6. The standard InChI is InChI=1S/C26H25Br2NO3/c27-22-15-18(16-29-14-5-4-11-23(29)26(30)31)12-13-24(22)32-17-20-9-6-10-21(25(20)28)19-7-2-1-3-8-19/h1-3,6-10,12-13,15,23H,4-5,11,14,16-17H2,(H,30,31). The quantitative estimate of drug-likeness (QED) is 0.343. The van der Waals surface area contributed by atoms with Crippen LogP contribution in [0.2, 0.25) is 0 Å². The Morgan fingerprint density at radius 3 is 2.59 bits per heavy atom. The first-order valence-corrected chi connectivity index (χ1v) is 12.3. The first-order chi connectivity index (χ1) is 15.5. The lowest BCUT2D eigenvalue weighted by atomic mass is 10.0. The Bertz CT molecular complexity index is 1090. The normalized spacial score (nSPS) is 16.6. The number of piperidine rings is 1. The number of hydrogen-bond donors (Lipinski definition) is 1. The van der Waals surface area contributed by atoms with Gasteiger partial charge in [0.05, 0.1) is 4.47 Å². The van der Waals surface area contributed by atoms with Crippen LogP contribution in [0.1, 0.15) is 30.4 Å². The summed E-state index contributed by atoms with van der Waals surface area (Å²) in [6, 6.07) is 22.1. The Hall–Kier alpha value is -2.15. The van der Waals surface area contributed by atoms with Gasteiger partial charge in [-0.3, -0.25) is 9.69 Å². The molecule has 6 heteroatoms. The number of halogens is 2. The molecule has 0 amide bonds. The Morgan fingerprint density at radius 1 is 1.03 bits per heavy atom. The molecule has 1 N–H and O–H groups in total. The minimum Gasteiger partial charge on any atom is -0.488 e. The number of nitrogens with zero attached hydrogens (tertiary/aromatic N) is 1. The lowest BCUT2D eigenvalue weighted by Gasteiger charge is -2.32. The van der Waals surface area contributed by atoms with Crippen molar-refractivity contribution in [2.24, 2.45) is 0 Å². The molecule has 1 heterocycles. The molecule has 1 atom stereocenters. The molecule has 3 aromatic rings. The van der Waals surface area contributed by atoms with Crippen LogP contribution in [0.3, 0.4) is 0 Å². The van der Waals surface area contributed by atoms with Gasteiger partial charge in [-0.05, 0) is 80.1 Å². The summed E-state index contributed by atoms with van der Waals surface area (Å²) < 4.78 is 8.02. The van der Waals surface area contributed by atoms with Gasteiger partial charge in [0.2, 0.25) is 0 Å². The first-order valence-electron chi connectivity index (χ1n) is 10.7. The van der Waals surface area contributed by atoms with Crippen LogP contribution in [0.4, 0.5) is 0 Å². The number of carboxylic acids is 1. The molecule has 1 aliphatic rings. The molecule has 3 aromatic carbocycles. The molecule has 0 aromatic heterocycles. The van der Waals surface area contributed by atoms with Crippen LogP contribution in [0.15, 0.2) is 75.7 Å². The highest BCUT2D eigenvalue weighted by atomic mass is 79.9. The van der Waals surface area contributed by atoms with E-state index in [9.17, 15) is 9.90 Å². The number of ether oxygens (including phenoxy) is 1. The van der Waals surface area contributed by atoms with Gasteiger partial charge >= 0.3 is 5.97 Å². The van der Waals surface area contributed by atoms with Crippen LogP contribution < -0.4 is 4.74 Å². The van der Waals surface area contributed by atoms with Crippen LogP contribution in [0, 0.1) is 0 Å². The molecular weight excluding hydrogens is 534 g/mol. The van der Waals surface area contributed by atoms with Gasteiger partial charge in [-0.25, -0.2) is 0 Å². The molecule has 4 nitrogen and oxygen atoms in total. The average molecular weight is 559 g/mol. The molecule has 1 saturated heterocycles. The summed E-state index contributed by atoms with van der Waals surface area (Å²) in [7, 11) is 0. The molecule has 1 fully saturated rings. The van der Waals surface area contributed by atoms with E-state index >= 15 is 0 Å². The number of rotatable bonds is 7. The fraction of sp³-hybridized carbons (Fsp3) is 0.269. The van der Waals surface area contributed by atoms with E-state index < -0.39 is 12.0 Å². The first kappa shape index (κ1) is 23.0. The Kier molecular flexibility index (Phi) is 7.66. The summed E-state index contributed by atoms with van der Waals surface area (Å²) in [5.74, 6) is 0.0335. The van der Waals surface area contributed by atoms with Gasteiger partial charge in [-0.2, -0.15) is 0 Å². The summed E-state index contributed by atoms with van der Waals surface area (Å²) in [6.45, 7) is 1.88. The second-order valence-electron chi connectivity index (χ2n) is 8.02. The molecular formula is C26H25Br2NO3. The minimum absolute atomic E-state index is 0.396. The summed E-state index contributed by atoms with van der Waals surface area (Å²) in [5, 5.41) is 9.50. The van der Waals surface area contributed by atoms with Gasteiger partial charge in [0.1, 0.15) is 18.4 Å². The van der Waals surface area contributed by atoms with E-state index in [4.69, 9.17) is 4.74 Å². The molecule has 0 radical (unpaired) electrons. The van der Waals surface area contributed by atoms with Crippen molar-refractivity contribution < 1.29 is 14.6 Å². The molecule has 4 rings (SSSR count). The zero-order valence-electron chi connectivity index (χ0n) is 17.6. The van der Waals surface area contributed by atoms with Crippen molar-refractivity contribution in [2.45, 2.75) is 38.5 Å². The maximum atomic E-state index is 11.6. The van der Waals surface area contributed by atoms with E-state index in [-0.39, 0.29) is 0 Å². The van der Waals surface area contributed by atoms with Crippen molar-refractivity contribution in [3.8, 4) is 16.9 Å². The second kappa shape index (κ2) is 10.6. The van der Waals surface area contributed by atoms with Crippen molar-refractivity contribution in [1.29, 1.82) is 0 Å². The highest BCUT2D eigenvalue weighted by molar-refractivity contribution is 9.11. The number of benzene rings is 3. The average Bonchev–Trinajstić information content (AvgIpc) is 2.80.